The standard InChI is InChI=1S/C14H13F3N4O4/c15-6-1-2-7(12(17)11(6)16)19-10(23)5-18-9(22)4-3-8-13(24)21-14(25)20-8/h1-2,8H,3-5H2,(H,18,22)(H,19,23)(H2,20,21,24,25)/t8-/m1/s1. The van der Waals surface area contributed by atoms with Crippen molar-refractivity contribution >= 4 is 29.4 Å². The second-order valence-electron chi connectivity index (χ2n) is 5.10. The number of urea groups is 1. The Morgan fingerprint density at radius 1 is 1.08 bits per heavy atom. The minimum absolute atomic E-state index is 0.0306. The molecule has 0 unspecified atom stereocenters. The van der Waals surface area contributed by atoms with Crippen LogP contribution in [0.2, 0.25) is 0 Å². The van der Waals surface area contributed by atoms with Crippen molar-refractivity contribution in [3.8, 4) is 0 Å². The van der Waals surface area contributed by atoms with Gasteiger partial charge in [-0.2, -0.15) is 0 Å². The molecule has 1 aromatic rings. The van der Waals surface area contributed by atoms with Crippen molar-refractivity contribution in [2.75, 3.05) is 11.9 Å². The number of hydrogen-bond donors (Lipinski definition) is 4. The third-order valence-corrected chi connectivity index (χ3v) is 3.27. The molecule has 8 nitrogen and oxygen atoms in total. The van der Waals surface area contributed by atoms with E-state index in [-0.39, 0.29) is 12.8 Å². The lowest BCUT2D eigenvalue weighted by Crippen LogP contribution is -2.35. The Balaban J connectivity index is 1.76. The molecule has 0 radical (unpaired) electrons. The van der Waals surface area contributed by atoms with Crippen LogP contribution in [0.4, 0.5) is 23.7 Å². The van der Waals surface area contributed by atoms with Crippen LogP contribution in [0.15, 0.2) is 12.1 Å². The van der Waals surface area contributed by atoms with E-state index in [1.54, 1.807) is 0 Å². The van der Waals surface area contributed by atoms with Gasteiger partial charge in [-0.3, -0.25) is 19.7 Å². The predicted molar refractivity (Wildman–Crippen MR) is 77.7 cm³/mol. The quantitative estimate of drug-likeness (QED) is 0.428. The van der Waals surface area contributed by atoms with Crippen LogP contribution in [-0.4, -0.2) is 36.3 Å². The van der Waals surface area contributed by atoms with Crippen LogP contribution >= 0.6 is 0 Å². The van der Waals surface area contributed by atoms with Gasteiger partial charge in [-0.15, -0.1) is 0 Å². The van der Waals surface area contributed by atoms with Crippen LogP contribution in [0.1, 0.15) is 12.8 Å². The van der Waals surface area contributed by atoms with Gasteiger partial charge in [0, 0.05) is 6.42 Å². The Morgan fingerprint density at radius 2 is 1.80 bits per heavy atom. The number of nitrogens with one attached hydrogen (secondary N) is 4. The molecular formula is C14H13F3N4O4. The number of amides is 5. The molecule has 5 amide bonds. The highest BCUT2D eigenvalue weighted by Crippen LogP contribution is 2.19. The van der Waals surface area contributed by atoms with Gasteiger partial charge >= 0.3 is 6.03 Å². The summed E-state index contributed by atoms with van der Waals surface area (Å²) in [7, 11) is 0. The normalized spacial score (nSPS) is 16.2. The molecule has 1 aliphatic heterocycles. The van der Waals surface area contributed by atoms with Crippen molar-refractivity contribution < 1.29 is 32.3 Å². The summed E-state index contributed by atoms with van der Waals surface area (Å²) in [6.45, 7) is -0.541. The van der Waals surface area contributed by atoms with E-state index in [1.165, 1.54) is 0 Å². The maximum atomic E-state index is 13.4. The minimum Gasteiger partial charge on any atom is -0.347 e. The van der Waals surface area contributed by atoms with Crippen molar-refractivity contribution in [1.29, 1.82) is 0 Å². The summed E-state index contributed by atoms with van der Waals surface area (Å²) in [5, 5.41) is 8.51. The molecule has 4 N–H and O–H groups in total. The average Bonchev–Trinajstić information content (AvgIpc) is 2.89. The molecule has 0 bridgehead atoms. The Kier molecular flexibility index (Phi) is 5.57. The lowest BCUT2D eigenvalue weighted by atomic mass is 10.1. The van der Waals surface area contributed by atoms with Gasteiger partial charge in [-0.1, -0.05) is 0 Å². The van der Waals surface area contributed by atoms with E-state index >= 15 is 0 Å². The minimum atomic E-state index is -1.72. The zero-order valence-electron chi connectivity index (χ0n) is 12.6. The lowest BCUT2D eigenvalue weighted by molar-refractivity contribution is -0.124. The van der Waals surface area contributed by atoms with E-state index in [0.717, 1.165) is 6.07 Å². The summed E-state index contributed by atoms with van der Waals surface area (Å²) >= 11 is 0. The first kappa shape index (κ1) is 18.2. The van der Waals surface area contributed by atoms with E-state index in [0.29, 0.717) is 6.07 Å². The zero-order chi connectivity index (χ0) is 18.6. The second kappa shape index (κ2) is 7.64. The van der Waals surface area contributed by atoms with Gasteiger partial charge in [0.05, 0.1) is 12.2 Å². The molecule has 25 heavy (non-hydrogen) atoms. The Labute approximate surface area is 139 Å². The number of anilines is 1. The van der Waals surface area contributed by atoms with E-state index < -0.39 is 59.5 Å². The molecule has 0 spiro atoms. The first-order chi connectivity index (χ1) is 11.8. The van der Waals surface area contributed by atoms with Crippen molar-refractivity contribution in [2.45, 2.75) is 18.9 Å². The van der Waals surface area contributed by atoms with Crippen LogP contribution in [0.3, 0.4) is 0 Å². The highest BCUT2D eigenvalue weighted by atomic mass is 19.2. The summed E-state index contributed by atoms with van der Waals surface area (Å²) in [5.74, 6) is -6.67. The molecule has 134 valence electrons. The number of halogens is 3. The second-order valence-corrected chi connectivity index (χ2v) is 5.10. The monoisotopic (exact) mass is 358 g/mol. The highest BCUT2D eigenvalue weighted by Gasteiger charge is 2.29. The fourth-order valence-electron chi connectivity index (χ4n) is 2.02. The summed E-state index contributed by atoms with van der Waals surface area (Å²) in [4.78, 5) is 45.3. The molecule has 1 heterocycles. The highest BCUT2D eigenvalue weighted by molar-refractivity contribution is 6.04. The molecular weight excluding hydrogens is 345 g/mol. The summed E-state index contributed by atoms with van der Waals surface area (Å²) in [5.41, 5.74) is -0.566. The molecule has 11 heteroatoms. The molecule has 0 aromatic heterocycles. The first-order valence-electron chi connectivity index (χ1n) is 7.09. The van der Waals surface area contributed by atoms with Crippen molar-refractivity contribution in [3.05, 3.63) is 29.6 Å². The van der Waals surface area contributed by atoms with Gasteiger partial charge in [0.1, 0.15) is 6.04 Å². The van der Waals surface area contributed by atoms with Crippen LogP contribution in [0.5, 0.6) is 0 Å². The number of hydrogen-bond acceptors (Lipinski definition) is 4. The molecule has 1 saturated heterocycles. The Bertz CT molecular complexity index is 741. The fourth-order valence-corrected chi connectivity index (χ4v) is 2.02. The van der Waals surface area contributed by atoms with Crippen LogP contribution < -0.4 is 21.3 Å². The SMILES string of the molecule is O=C(CC[C@H]1NC(=O)NC1=O)NCC(=O)Nc1ccc(F)c(F)c1F. The van der Waals surface area contributed by atoms with Gasteiger partial charge in [0.2, 0.25) is 11.8 Å². The number of benzene rings is 1. The van der Waals surface area contributed by atoms with Gasteiger partial charge in [0.15, 0.2) is 17.5 Å². The zero-order valence-corrected chi connectivity index (χ0v) is 12.6. The molecule has 0 aliphatic carbocycles. The third kappa shape index (κ3) is 4.68. The van der Waals surface area contributed by atoms with Crippen LogP contribution in [-0.2, 0) is 14.4 Å². The number of carbonyl (C=O) groups excluding carboxylic acids is 4. The number of imide groups is 1. The fraction of sp³-hybridized carbons (Fsp3) is 0.286. The predicted octanol–water partition coefficient (Wildman–Crippen LogP) is 0.147. The van der Waals surface area contributed by atoms with Crippen molar-refractivity contribution in [3.63, 3.8) is 0 Å². The number of rotatable bonds is 6. The summed E-state index contributed by atoms with van der Waals surface area (Å²) in [6, 6.07) is 0.00859. The van der Waals surface area contributed by atoms with Gasteiger partial charge < -0.3 is 16.0 Å². The molecule has 2 rings (SSSR count). The Hall–Kier alpha value is -3.11. The molecule has 1 atom stereocenters. The summed E-state index contributed by atoms with van der Waals surface area (Å²) in [6.07, 6.45) is -0.117. The smallest absolute Gasteiger partial charge is 0.322 e. The maximum absolute atomic E-state index is 13.4. The van der Waals surface area contributed by atoms with E-state index in [4.69, 9.17) is 0 Å². The van der Waals surface area contributed by atoms with Crippen molar-refractivity contribution in [1.82, 2.24) is 16.0 Å². The lowest BCUT2D eigenvalue weighted by Gasteiger charge is -2.09. The van der Waals surface area contributed by atoms with Gasteiger partial charge in [0.25, 0.3) is 5.91 Å². The van der Waals surface area contributed by atoms with Gasteiger partial charge in [-0.25, -0.2) is 18.0 Å². The largest absolute Gasteiger partial charge is 0.347 e. The third-order valence-electron chi connectivity index (χ3n) is 3.27. The summed E-state index contributed by atoms with van der Waals surface area (Å²) < 4.78 is 39.2. The van der Waals surface area contributed by atoms with Gasteiger partial charge in [-0.05, 0) is 18.6 Å². The van der Waals surface area contributed by atoms with Crippen LogP contribution in [0.25, 0.3) is 0 Å². The van der Waals surface area contributed by atoms with Crippen LogP contribution in [0, 0.1) is 17.5 Å². The molecule has 1 aliphatic rings. The van der Waals surface area contributed by atoms with E-state index in [1.807, 2.05) is 10.6 Å². The first-order valence-corrected chi connectivity index (χ1v) is 7.09. The average molecular weight is 358 g/mol. The number of carbonyl (C=O) groups is 4. The topological polar surface area (TPSA) is 116 Å². The maximum Gasteiger partial charge on any atom is 0.322 e. The molecule has 1 aromatic carbocycles. The Morgan fingerprint density at radius 3 is 2.44 bits per heavy atom. The van der Waals surface area contributed by atoms with E-state index in [9.17, 15) is 32.3 Å². The molecule has 0 saturated carbocycles. The van der Waals surface area contributed by atoms with E-state index in [2.05, 4.69) is 10.6 Å². The molecule has 1 fully saturated rings. The van der Waals surface area contributed by atoms with Crippen molar-refractivity contribution in [2.24, 2.45) is 0 Å².